The molecule has 10 heteroatoms. The van der Waals surface area contributed by atoms with E-state index in [2.05, 4.69) is 20.5 Å². The van der Waals surface area contributed by atoms with Gasteiger partial charge in [0.1, 0.15) is 5.82 Å². The second-order valence-electron chi connectivity index (χ2n) is 5.82. The van der Waals surface area contributed by atoms with Crippen molar-refractivity contribution in [2.24, 2.45) is 0 Å². The van der Waals surface area contributed by atoms with Crippen molar-refractivity contribution in [1.82, 2.24) is 4.98 Å². The number of hydrogen-bond acceptors (Lipinski definition) is 6. The molecule has 0 spiro atoms. The number of pyridine rings is 1. The molecule has 1 saturated heterocycles. The first kappa shape index (κ1) is 20.0. The normalized spacial score (nSPS) is 14.0. The first-order chi connectivity index (χ1) is 13.5. The number of amides is 2. The smallest absolute Gasteiger partial charge is 0.314 e. The van der Waals surface area contributed by atoms with Crippen LogP contribution in [-0.4, -0.2) is 48.9 Å². The SMILES string of the molecule is O=C(Nc1ccc(N2CCOCC2)nc1)C(=O)Nc1cccc(SC(F)F)c1. The van der Waals surface area contributed by atoms with Crippen LogP contribution in [0, 0.1) is 0 Å². The van der Waals surface area contributed by atoms with Gasteiger partial charge in [-0.2, -0.15) is 8.78 Å². The lowest BCUT2D eigenvalue weighted by Crippen LogP contribution is -2.36. The molecule has 7 nitrogen and oxygen atoms in total. The van der Waals surface area contributed by atoms with E-state index in [9.17, 15) is 18.4 Å². The second-order valence-corrected chi connectivity index (χ2v) is 6.88. The molecule has 2 aromatic rings. The number of halogens is 2. The molecule has 1 aromatic carbocycles. The molecule has 1 fully saturated rings. The van der Waals surface area contributed by atoms with Crippen LogP contribution in [0.1, 0.15) is 0 Å². The van der Waals surface area contributed by atoms with Crippen LogP contribution in [0.5, 0.6) is 0 Å². The fourth-order valence-corrected chi connectivity index (χ4v) is 3.12. The van der Waals surface area contributed by atoms with Gasteiger partial charge in [-0.15, -0.1) is 0 Å². The molecule has 0 atom stereocenters. The second kappa shape index (κ2) is 9.47. The number of thioether (sulfide) groups is 1. The molecule has 0 unspecified atom stereocenters. The minimum Gasteiger partial charge on any atom is -0.378 e. The molecular weight excluding hydrogens is 390 g/mol. The van der Waals surface area contributed by atoms with Gasteiger partial charge in [0.25, 0.3) is 5.76 Å². The van der Waals surface area contributed by atoms with Crippen molar-refractivity contribution in [1.29, 1.82) is 0 Å². The lowest BCUT2D eigenvalue weighted by molar-refractivity contribution is -0.133. The third-order valence-corrected chi connectivity index (χ3v) is 4.57. The fourth-order valence-electron chi connectivity index (χ4n) is 2.57. The highest BCUT2D eigenvalue weighted by Crippen LogP contribution is 2.27. The zero-order valence-electron chi connectivity index (χ0n) is 14.7. The van der Waals surface area contributed by atoms with Crippen molar-refractivity contribution in [3.8, 4) is 0 Å². The summed E-state index contributed by atoms with van der Waals surface area (Å²) in [5, 5.41) is 4.84. The van der Waals surface area contributed by atoms with E-state index in [4.69, 9.17) is 4.74 Å². The number of aromatic nitrogens is 1. The van der Waals surface area contributed by atoms with Crippen LogP contribution in [-0.2, 0) is 14.3 Å². The van der Waals surface area contributed by atoms with Crippen LogP contribution in [0.15, 0.2) is 47.5 Å². The molecular formula is C18H18F2N4O3S. The van der Waals surface area contributed by atoms with Crippen molar-refractivity contribution in [3.05, 3.63) is 42.6 Å². The highest BCUT2D eigenvalue weighted by Gasteiger charge is 2.16. The van der Waals surface area contributed by atoms with E-state index in [0.717, 1.165) is 18.9 Å². The van der Waals surface area contributed by atoms with E-state index in [1.807, 2.05) is 0 Å². The summed E-state index contributed by atoms with van der Waals surface area (Å²) >= 11 is 0.358. The monoisotopic (exact) mass is 408 g/mol. The average Bonchev–Trinajstić information content (AvgIpc) is 2.69. The largest absolute Gasteiger partial charge is 0.378 e. The standard InChI is InChI=1S/C18H18F2N4O3S/c19-18(20)28-14-3-1-2-12(10-14)22-16(25)17(26)23-13-4-5-15(21-11-13)24-6-8-27-9-7-24/h1-5,10-11,18H,6-9H2,(H,22,25)(H,23,26). The fraction of sp³-hybridized carbons (Fsp3) is 0.278. The van der Waals surface area contributed by atoms with Crippen molar-refractivity contribution >= 4 is 40.8 Å². The molecule has 1 aromatic heterocycles. The molecule has 3 rings (SSSR count). The van der Waals surface area contributed by atoms with Crippen LogP contribution in [0.3, 0.4) is 0 Å². The molecule has 0 bridgehead atoms. The molecule has 0 saturated carbocycles. The van der Waals surface area contributed by atoms with Gasteiger partial charge in [-0.25, -0.2) is 4.98 Å². The summed E-state index contributed by atoms with van der Waals surface area (Å²) in [6, 6.07) is 9.31. The first-order valence-electron chi connectivity index (χ1n) is 8.47. The van der Waals surface area contributed by atoms with Gasteiger partial charge >= 0.3 is 11.8 Å². The van der Waals surface area contributed by atoms with E-state index >= 15 is 0 Å². The quantitative estimate of drug-likeness (QED) is 0.585. The molecule has 2 N–H and O–H groups in total. The third kappa shape index (κ3) is 5.64. The summed E-state index contributed by atoms with van der Waals surface area (Å²) in [7, 11) is 0. The number of nitrogens with zero attached hydrogens (tertiary/aromatic N) is 2. The summed E-state index contributed by atoms with van der Waals surface area (Å²) in [6.45, 7) is 2.75. The molecule has 0 radical (unpaired) electrons. The van der Waals surface area contributed by atoms with Crippen LogP contribution in [0.25, 0.3) is 0 Å². The van der Waals surface area contributed by atoms with Crippen molar-refractivity contribution < 1.29 is 23.1 Å². The summed E-state index contributed by atoms with van der Waals surface area (Å²) in [4.78, 5) is 30.7. The number of alkyl halides is 2. The number of ether oxygens (including phenoxy) is 1. The minimum atomic E-state index is -2.57. The van der Waals surface area contributed by atoms with Crippen LogP contribution in [0.2, 0.25) is 0 Å². The average molecular weight is 408 g/mol. The Morgan fingerprint density at radius 3 is 2.43 bits per heavy atom. The molecule has 28 heavy (non-hydrogen) atoms. The highest BCUT2D eigenvalue weighted by atomic mass is 32.2. The molecule has 1 aliphatic heterocycles. The van der Waals surface area contributed by atoms with Gasteiger partial charge in [0, 0.05) is 23.7 Å². The minimum absolute atomic E-state index is 0.256. The Kier molecular flexibility index (Phi) is 6.77. The number of carbonyl (C=O) groups excluding carboxylic acids is 2. The Balaban J connectivity index is 1.56. The van der Waals surface area contributed by atoms with Crippen LogP contribution >= 0.6 is 11.8 Å². The summed E-state index contributed by atoms with van der Waals surface area (Å²) < 4.78 is 30.1. The number of anilines is 3. The zero-order chi connectivity index (χ0) is 19.9. The highest BCUT2D eigenvalue weighted by molar-refractivity contribution is 7.99. The lowest BCUT2D eigenvalue weighted by atomic mass is 10.3. The number of hydrogen-bond donors (Lipinski definition) is 2. The molecule has 2 amide bonds. The molecule has 2 heterocycles. The summed E-state index contributed by atoms with van der Waals surface area (Å²) in [5.41, 5.74) is 0.630. The van der Waals surface area contributed by atoms with Gasteiger partial charge in [-0.1, -0.05) is 17.8 Å². The summed E-state index contributed by atoms with van der Waals surface area (Å²) in [6.07, 6.45) is 1.47. The van der Waals surface area contributed by atoms with Gasteiger partial charge in [-0.05, 0) is 30.3 Å². The molecule has 0 aliphatic carbocycles. The maximum atomic E-state index is 12.4. The van der Waals surface area contributed by atoms with Crippen molar-refractivity contribution in [2.45, 2.75) is 10.7 Å². The Bertz CT molecular complexity index is 830. The zero-order valence-corrected chi connectivity index (χ0v) is 15.5. The Hall–Kier alpha value is -2.72. The Morgan fingerprint density at radius 2 is 1.79 bits per heavy atom. The van der Waals surface area contributed by atoms with Crippen molar-refractivity contribution in [3.63, 3.8) is 0 Å². The number of rotatable bonds is 5. The first-order valence-corrected chi connectivity index (χ1v) is 9.35. The van der Waals surface area contributed by atoms with E-state index < -0.39 is 17.6 Å². The number of carbonyl (C=O) groups is 2. The van der Waals surface area contributed by atoms with Gasteiger partial charge in [0.05, 0.1) is 25.1 Å². The predicted molar refractivity (Wildman–Crippen MR) is 103 cm³/mol. The van der Waals surface area contributed by atoms with Crippen LogP contribution < -0.4 is 15.5 Å². The van der Waals surface area contributed by atoms with Crippen molar-refractivity contribution in [2.75, 3.05) is 41.8 Å². The van der Waals surface area contributed by atoms with E-state index in [1.165, 1.54) is 30.5 Å². The molecule has 148 valence electrons. The molecule has 1 aliphatic rings. The van der Waals surface area contributed by atoms with E-state index in [1.54, 1.807) is 12.1 Å². The number of benzene rings is 1. The van der Waals surface area contributed by atoms with Gasteiger partial charge in [-0.3, -0.25) is 9.59 Å². The topological polar surface area (TPSA) is 83.6 Å². The predicted octanol–water partition coefficient (Wildman–Crippen LogP) is 2.81. The van der Waals surface area contributed by atoms with E-state index in [0.29, 0.717) is 30.7 Å². The summed E-state index contributed by atoms with van der Waals surface area (Å²) in [5.74, 6) is -3.59. The lowest BCUT2D eigenvalue weighted by Gasteiger charge is -2.27. The number of nitrogens with one attached hydrogen (secondary N) is 2. The van der Waals surface area contributed by atoms with E-state index in [-0.39, 0.29) is 10.6 Å². The maximum absolute atomic E-state index is 12.4. The van der Waals surface area contributed by atoms with Gasteiger partial charge in [0.2, 0.25) is 0 Å². The van der Waals surface area contributed by atoms with Gasteiger partial charge < -0.3 is 20.3 Å². The third-order valence-electron chi connectivity index (χ3n) is 3.86. The number of morpholine rings is 1. The maximum Gasteiger partial charge on any atom is 0.314 e. The Morgan fingerprint density at radius 1 is 1.07 bits per heavy atom. The Labute approximate surface area is 164 Å². The van der Waals surface area contributed by atoms with Gasteiger partial charge in [0.15, 0.2) is 0 Å². The van der Waals surface area contributed by atoms with Crippen LogP contribution in [0.4, 0.5) is 26.0 Å².